The summed E-state index contributed by atoms with van der Waals surface area (Å²) in [5, 5.41) is 11.5. The molecule has 134 valence electrons. The summed E-state index contributed by atoms with van der Waals surface area (Å²) in [6, 6.07) is 14.3. The molecule has 0 atom stereocenters. The zero-order valence-electron chi connectivity index (χ0n) is 14.8. The van der Waals surface area contributed by atoms with Crippen molar-refractivity contribution in [3.8, 4) is 17.3 Å². The number of amides is 1. The van der Waals surface area contributed by atoms with Crippen LogP contribution in [-0.2, 0) is 11.2 Å². The first-order valence-electron chi connectivity index (χ1n) is 8.87. The van der Waals surface area contributed by atoms with Crippen LogP contribution in [0, 0.1) is 11.3 Å². The molecule has 2 heterocycles. The minimum Gasteiger partial charge on any atom is -0.367 e. The van der Waals surface area contributed by atoms with Crippen molar-refractivity contribution in [1.82, 2.24) is 15.2 Å². The Morgan fingerprint density at radius 3 is 2.62 bits per heavy atom. The number of piperazine rings is 1. The van der Waals surface area contributed by atoms with Crippen LogP contribution in [0.5, 0.6) is 0 Å². The minimum absolute atomic E-state index is 0.427. The van der Waals surface area contributed by atoms with Crippen molar-refractivity contribution in [2.45, 2.75) is 6.42 Å². The van der Waals surface area contributed by atoms with Crippen molar-refractivity contribution in [2.24, 2.45) is 0 Å². The highest BCUT2D eigenvalue weighted by Crippen LogP contribution is 2.29. The molecule has 1 aliphatic heterocycles. The second-order valence-corrected chi connectivity index (χ2v) is 6.30. The number of rotatable bonds is 7. The first-order chi connectivity index (χ1) is 12.8. The Kier molecular flexibility index (Phi) is 6.18. The van der Waals surface area contributed by atoms with E-state index in [-0.39, 0.29) is 0 Å². The summed E-state index contributed by atoms with van der Waals surface area (Å²) < 4.78 is 0. The van der Waals surface area contributed by atoms with E-state index in [2.05, 4.69) is 32.2 Å². The van der Waals surface area contributed by atoms with Gasteiger partial charge in [-0.3, -0.25) is 14.7 Å². The largest absolute Gasteiger partial charge is 0.367 e. The van der Waals surface area contributed by atoms with Gasteiger partial charge in [0.05, 0.1) is 23.9 Å². The predicted octanol–water partition coefficient (Wildman–Crippen LogP) is 1.68. The summed E-state index contributed by atoms with van der Waals surface area (Å²) in [5.74, 6) is 0. The lowest BCUT2D eigenvalue weighted by Crippen LogP contribution is -2.48. The van der Waals surface area contributed by atoms with Gasteiger partial charge in [0.1, 0.15) is 0 Å². The highest BCUT2D eigenvalue weighted by Gasteiger charge is 2.19. The number of anilines is 1. The molecule has 1 saturated heterocycles. The van der Waals surface area contributed by atoms with Crippen LogP contribution in [0.15, 0.2) is 42.6 Å². The van der Waals surface area contributed by atoms with Crippen LogP contribution >= 0.6 is 0 Å². The maximum atomic E-state index is 10.4. The Bertz CT molecular complexity index is 761. The molecule has 0 unspecified atom stereocenters. The van der Waals surface area contributed by atoms with E-state index in [9.17, 15) is 4.79 Å². The van der Waals surface area contributed by atoms with E-state index in [1.165, 1.54) is 0 Å². The average molecular weight is 349 g/mol. The van der Waals surface area contributed by atoms with E-state index in [4.69, 9.17) is 5.26 Å². The van der Waals surface area contributed by atoms with Crippen LogP contribution in [-0.4, -0.2) is 55.6 Å². The smallest absolute Gasteiger partial charge is 0.207 e. The van der Waals surface area contributed by atoms with Gasteiger partial charge in [0.15, 0.2) is 0 Å². The molecule has 2 aromatic rings. The highest BCUT2D eigenvalue weighted by molar-refractivity contribution is 5.75. The van der Waals surface area contributed by atoms with Gasteiger partial charge in [-0.1, -0.05) is 24.3 Å². The van der Waals surface area contributed by atoms with Crippen molar-refractivity contribution in [3.63, 3.8) is 0 Å². The summed E-state index contributed by atoms with van der Waals surface area (Å²) in [6.45, 7) is 5.38. The quantitative estimate of drug-likeness (QED) is 0.608. The SMILES string of the molecule is N#CCc1ccc(-c2ncccc2N2CCN(CCNC=O)CC2)cc1. The van der Waals surface area contributed by atoms with E-state index in [0.29, 0.717) is 13.0 Å². The number of hydrogen-bond acceptors (Lipinski definition) is 5. The lowest BCUT2D eigenvalue weighted by atomic mass is 10.0. The maximum Gasteiger partial charge on any atom is 0.207 e. The fraction of sp³-hybridized carbons (Fsp3) is 0.350. The van der Waals surface area contributed by atoms with Gasteiger partial charge in [-0.25, -0.2) is 0 Å². The van der Waals surface area contributed by atoms with Gasteiger partial charge >= 0.3 is 0 Å². The monoisotopic (exact) mass is 349 g/mol. The van der Waals surface area contributed by atoms with Crippen LogP contribution in [0.3, 0.4) is 0 Å². The lowest BCUT2D eigenvalue weighted by molar-refractivity contribution is -0.109. The Morgan fingerprint density at radius 2 is 1.92 bits per heavy atom. The van der Waals surface area contributed by atoms with Crippen LogP contribution in [0.1, 0.15) is 5.56 Å². The molecule has 0 spiro atoms. The van der Waals surface area contributed by atoms with E-state index < -0.39 is 0 Å². The molecular weight excluding hydrogens is 326 g/mol. The predicted molar refractivity (Wildman–Crippen MR) is 102 cm³/mol. The summed E-state index contributed by atoms with van der Waals surface area (Å²) in [7, 11) is 0. The molecular formula is C20H23N5O. The summed E-state index contributed by atoms with van der Waals surface area (Å²) in [5.41, 5.74) is 4.21. The molecule has 1 aromatic carbocycles. The van der Waals surface area contributed by atoms with Gasteiger partial charge in [-0.15, -0.1) is 0 Å². The topological polar surface area (TPSA) is 72.3 Å². The first-order valence-corrected chi connectivity index (χ1v) is 8.87. The standard InChI is InChI=1S/C20H23N5O/c21-8-7-17-3-5-18(6-4-17)20-19(2-1-9-23-20)25-14-12-24(13-15-25)11-10-22-16-26/h1-6,9,16H,7,10-15H2,(H,22,26). The van der Waals surface area contributed by atoms with Gasteiger partial charge in [0, 0.05) is 51.0 Å². The molecule has 0 radical (unpaired) electrons. The molecule has 6 heteroatoms. The zero-order valence-corrected chi connectivity index (χ0v) is 14.8. The Balaban J connectivity index is 1.70. The first kappa shape index (κ1) is 17.9. The number of benzene rings is 1. The van der Waals surface area contributed by atoms with Crippen LogP contribution in [0.4, 0.5) is 5.69 Å². The fourth-order valence-electron chi connectivity index (χ4n) is 3.24. The fourth-order valence-corrected chi connectivity index (χ4v) is 3.24. The molecule has 0 saturated carbocycles. The van der Waals surface area contributed by atoms with E-state index in [1.54, 1.807) is 0 Å². The molecule has 1 aliphatic rings. The van der Waals surface area contributed by atoms with E-state index in [1.807, 2.05) is 36.5 Å². The van der Waals surface area contributed by atoms with E-state index in [0.717, 1.165) is 61.6 Å². The van der Waals surface area contributed by atoms with Crippen molar-refractivity contribution in [1.29, 1.82) is 5.26 Å². The summed E-state index contributed by atoms with van der Waals surface area (Å²) in [4.78, 5) is 19.7. The van der Waals surface area contributed by atoms with Crippen molar-refractivity contribution in [2.75, 3.05) is 44.2 Å². The van der Waals surface area contributed by atoms with Gasteiger partial charge in [0.2, 0.25) is 6.41 Å². The third kappa shape index (κ3) is 4.38. The second kappa shape index (κ2) is 8.97. The van der Waals surface area contributed by atoms with Crippen LogP contribution in [0.2, 0.25) is 0 Å². The molecule has 0 aliphatic carbocycles. The Morgan fingerprint density at radius 1 is 1.15 bits per heavy atom. The average Bonchev–Trinajstić information content (AvgIpc) is 2.70. The maximum absolute atomic E-state index is 10.4. The molecule has 1 amide bonds. The molecule has 6 nitrogen and oxygen atoms in total. The second-order valence-electron chi connectivity index (χ2n) is 6.30. The number of nitrogens with one attached hydrogen (secondary N) is 1. The molecule has 1 aromatic heterocycles. The van der Waals surface area contributed by atoms with Crippen LogP contribution in [0.25, 0.3) is 11.3 Å². The van der Waals surface area contributed by atoms with Crippen molar-refractivity contribution < 1.29 is 4.79 Å². The highest BCUT2D eigenvalue weighted by atomic mass is 16.1. The Hall–Kier alpha value is -2.91. The zero-order chi connectivity index (χ0) is 18.2. The number of nitriles is 1. The Labute approximate surface area is 154 Å². The molecule has 0 bridgehead atoms. The molecule has 3 rings (SSSR count). The normalized spacial score (nSPS) is 14.7. The number of nitrogens with zero attached hydrogens (tertiary/aromatic N) is 4. The van der Waals surface area contributed by atoms with Crippen LogP contribution < -0.4 is 10.2 Å². The number of carbonyl (C=O) groups excluding carboxylic acids is 1. The molecule has 1 N–H and O–H groups in total. The lowest BCUT2D eigenvalue weighted by Gasteiger charge is -2.36. The minimum atomic E-state index is 0.427. The third-order valence-electron chi connectivity index (χ3n) is 4.67. The van der Waals surface area contributed by atoms with E-state index >= 15 is 0 Å². The number of hydrogen-bond donors (Lipinski definition) is 1. The molecule has 26 heavy (non-hydrogen) atoms. The number of pyridine rings is 1. The third-order valence-corrected chi connectivity index (χ3v) is 4.67. The number of aromatic nitrogens is 1. The van der Waals surface area contributed by atoms with Gasteiger partial charge in [-0.2, -0.15) is 5.26 Å². The number of carbonyl (C=O) groups is 1. The van der Waals surface area contributed by atoms with Gasteiger partial charge < -0.3 is 10.2 Å². The van der Waals surface area contributed by atoms with Gasteiger partial charge in [-0.05, 0) is 17.7 Å². The van der Waals surface area contributed by atoms with Crippen molar-refractivity contribution >= 4 is 12.1 Å². The van der Waals surface area contributed by atoms with Crippen molar-refractivity contribution in [3.05, 3.63) is 48.2 Å². The summed E-state index contributed by atoms with van der Waals surface area (Å²) >= 11 is 0. The molecule has 1 fully saturated rings. The van der Waals surface area contributed by atoms with Gasteiger partial charge in [0.25, 0.3) is 0 Å². The summed E-state index contributed by atoms with van der Waals surface area (Å²) in [6.07, 6.45) is 3.00.